The molecule has 8 heteroatoms. The number of fused-ring (bicyclic) bond motifs is 1. The number of carbonyl (C=O) groups excluding carboxylic acids is 2. The third-order valence-electron chi connectivity index (χ3n) is 6.78. The summed E-state index contributed by atoms with van der Waals surface area (Å²) in [5, 5.41) is 1.63. The number of carbonyl (C=O) groups is 2. The first-order valence-electron chi connectivity index (χ1n) is 11.8. The predicted molar refractivity (Wildman–Crippen MR) is 134 cm³/mol. The second kappa shape index (κ2) is 9.54. The summed E-state index contributed by atoms with van der Waals surface area (Å²) in [4.78, 5) is 34.9. The van der Waals surface area contributed by atoms with Gasteiger partial charge in [0, 0.05) is 11.6 Å². The van der Waals surface area contributed by atoms with E-state index in [9.17, 15) is 9.59 Å². The maximum Gasteiger partial charge on any atom is 0.266 e. The van der Waals surface area contributed by atoms with Gasteiger partial charge in [0.1, 0.15) is 17.7 Å². The minimum Gasteiger partial charge on any atom is -0.496 e. The van der Waals surface area contributed by atoms with Crippen LogP contribution in [0.5, 0.6) is 17.2 Å². The monoisotopic (exact) mass is 488 g/mol. The summed E-state index contributed by atoms with van der Waals surface area (Å²) in [7, 11) is 4.64. The number of methoxy groups -OCH3 is 3. The molecule has 2 saturated heterocycles. The van der Waals surface area contributed by atoms with Gasteiger partial charge in [-0.05, 0) is 42.3 Å². The zero-order valence-electron chi connectivity index (χ0n) is 20.6. The highest BCUT2D eigenvalue weighted by Gasteiger charge is 2.60. The molecule has 0 spiro atoms. The molecule has 5 rings (SSSR count). The highest BCUT2D eigenvalue weighted by molar-refractivity contribution is 6.24. The van der Waals surface area contributed by atoms with Gasteiger partial charge in [-0.15, -0.1) is 0 Å². The van der Waals surface area contributed by atoms with E-state index in [1.807, 2.05) is 42.5 Å². The Balaban J connectivity index is 1.63. The van der Waals surface area contributed by atoms with Gasteiger partial charge in [-0.2, -0.15) is 0 Å². The molecule has 0 unspecified atom stereocenters. The molecule has 2 fully saturated rings. The van der Waals surface area contributed by atoms with Crippen molar-refractivity contribution in [3.63, 3.8) is 0 Å². The lowest BCUT2D eigenvalue weighted by Gasteiger charge is -2.30. The SMILES string of the molecule is CCc1ccc(N2C(=O)[C@@H]3[C@H](ON(c4ccccc4)[C@@H]3c3cc(OC)c(OC)cc3OC)C2=O)cc1. The van der Waals surface area contributed by atoms with Crippen LogP contribution in [0.15, 0.2) is 66.7 Å². The zero-order valence-corrected chi connectivity index (χ0v) is 20.6. The standard InChI is InChI=1S/C28H28N2O6/c1-5-17-11-13-18(14-12-17)29-27(31)24-25(20-15-22(34-3)23(35-4)16-21(20)33-2)30(36-26(24)28(29)32)19-9-7-6-8-10-19/h6-16,24-26H,5H2,1-4H3/t24-,25+,26-/m0/s1. The van der Waals surface area contributed by atoms with Crippen molar-refractivity contribution in [3.05, 3.63) is 77.9 Å². The normalized spacial score (nSPS) is 21.1. The third kappa shape index (κ3) is 3.74. The van der Waals surface area contributed by atoms with Crippen LogP contribution >= 0.6 is 0 Å². The first kappa shape index (κ1) is 23.7. The molecule has 3 aromatic rings. The molecule has 0 N–H and O–H groups in total. The summed E-state index contributed by atoms with van der Waals surface area (Å²) in [5.41, 5.74) is 3.02. The Hall–Kier alpha value is -4.04. The highest BCUT2D eigenvalue weighted by Crippen LogP contribution is 2.51. The van der Waals surface area contributed by atoms with Crippen molar-refractivity contribution in [2.45, 2.75) is 25.5 Å². The van der Waals surface area contributed by atoms with Crippen LogP contribution in [-0.2, 0) is 20.8 Å². The molecule has 3 aromatic carbocycles. The molecule has 2 heterocycles. The Morgan fingerprint density at radius 2 is 1.42 bits per heavy atom. The molecule has 0 bridgehead atoms. The van der Waals surface area contributed by atoms with E-state index >= 15 is 0 Å². The number of anilines is 2. The number of benzene rings is 3. The van der Waals surface area contributed by atoms with Gasteiger partial charge in [-0.1, -0.05) is 37.3 Å². The van der Waals surface area contributed by atoms with Gasteiger partial charge < -0.3 is 14.2 Å². The smallest absolute Gasteiger partial charge is 0.266 e. The fraction of sp³-hybridized carbons (Fsp3) is 0.286. The van der Waals surface area contributed by atoms with Crippen molar-refractivity contribution < 1.29 is 28.6 Å². The van der Waals surface area contributed by atoms with Crippen LogP contribution in [0.25, 0.3) is 0 Å². The maximum atomic E-state index is 13.9. The first-order valence-corrected chi connectivity index (χ1v) is 11.8. The molecule has 0 aromatic heterocycles. The Labute approximate surface area is 209 Å². The fourth-order valence-electron chi connectivity index (χ4n) is 4.95. The van der Waals surface area contributed by atoms with Crippen molar-refractivity contribution in [3.8, 4) is 17.2 Å². The molecular weight excluding hydrogens is 460 g/mol. The minimum absolute atomic E-state index is 0.325. The molecule has 186 valence electrons. The van der Waals surface area contributed by atoms with Crippen LogP contribution in [0.4, 0.5) is 11.4 Å². The van der Waals surface area contributed by atoms with Gasteiger partial charge in [-0.25, -0.2) is 9.96 Å². The minimum atomic E-state index is -0.980. The molecule has 36 heavy (non-hydrogen) atoms. The Morgan fingerprint density at radius 3 is 2.03 bits per heavy atom. The summed E-state index contributed by atoms with van der Waals surface area (Å²) >= 11 is 0. The number of aryl methyl sites for hydroxylation is 1. The zero-order chi connectivity index (χ0) is 25.4. The second-order valence-electron chi connectivity index (χ2n) is 8.64. The lowest BCUT2D eigenvalue weighted by Crippen LogP contribution is -2.37. The van der Waals surface area contributed by atoms with Crippen molar-refractivity contribution in [2.75, 3.05) is 31.3 Å². The van der Waals surface area contributed by atoms with E-state index in [-0.39, 0.29) is 5.91 Å². The van der Waals surface area contributed by atoms with E-state index in [1.165, 1.54) is 4.90 Å². The average Bonchev–Trinajstić information content (AvgIpc) is 3.43. The van der Waals surface area contributed by atoms with Crippen molar-refractivity contribution in [1.29, 1.82) is 0 Å². The van der Waals surface area contributed by atoms with Gasteiger partial charge in [0.05, 0.1) is 32.7 Å². The maximum absolute atomic E-state index is 13.9. The van der Waals surface area contributed by atoms with Crippen LogP contribution < -0.4 is 24.2 Å². The van der Waals surface area contributed by atoms with Gasteiger partial charge in [-0.3, -0.25) is 14.4 Å². The fourth-order valence-corrected chi connectivity index (χ4v) is 4.95. The first-order chi connectivity index (χ1) is 17.5. The van der Waals surface area contributed by atoms with E-state index in [1.54, 1.807) is 50.7 Å². The number of imide groups is 1. The summed E-state index contributed by atoms with van der Waals surface area (Å²) in [6.45, 7) is 2.05. The number of hydrogen-bond acceptors (Lipinski definition) is 7. The Kier molecular flexibility index (Phi) is 6.28. The number of rotatable bonds is 7. The molecule has 0 saturated carbocycles. The van der Waals surface area contributed by atoms with Gasteiger partial charge >= 0.3 is 0 Å². The summed E-state index contributed by atoms with van der Waals surface area (Å²) < 4.78 is 16.7. The van der Waals surface area contributed by atoms with Crippen molar-refractivity contribution in [2.24, 2.45) is 5.92 Å². The molecule has 2 aliphatic heterocycles. The summed E-state index contributed by atoms with van der Waals surface area (Å²) in [6.07, 6.45) is -0.115. The van der Waals surface area contributed by atoms with Crippen LogP contribution in [0.3, 0.4) is 0 Å². The number of ether oxygens (including phenoxy) is 3. The van der Waals surface area contributed by atoms with Crippen LogP contribution in [-0.4, -0.2) is 39.2 Å². The number of para-hydroxylation sites is 1. The largest absolute Gasteiger partial charge is 0.496 e. The van der Waals surface area contributed by atoms with E-state index in [2.05, 4.69) is 6.92 Å². The third-order valence-corrected chi connectivity index (χ3v) is 6.78. The topological polar surface area (TPSA) is 77.5 Å². The van der Waals surface area contributed by atoms with Crippen LogP contribution in [0, 0.1) is 5.92 Å². The molecule has 2 amide bonds. The van der Waals surface area contributed by atoms with E-state index in [4.69, 9.17) is 19.0 Å². The molecule has 2 aliphatic rings. The number of amides is 2. The molecule has 3 atom stereocenters. The Morgan fingerprint density at radius 1 is 0.778 bits per heavy atom. The van der Waals surface area contributed by atoms with Gasteiger partial charge in [0.15, 0.2) is 17.6 Å². The quantitative estimate of drug-likeness (QED) is 0.458. The number of hydrogen-bond donors (Lipinski definition) is 0. The second-order valence-corrected chi connectivity index (χ2v) is 8.64. The predicted octanol–water partition coefficient (Wildman–Crippen LogP) is 4.33. The van der Waals surface area contributed by atoms with E-state index in [0.29, 0.717) is 34.2 Å². The van der Waals surface area contributed by atoms with Crippen LogP contribution in [0.2, 0.25) is 0 Å². The Bertz CT molecular complexity index is 1280. The van der Waals surface area contributed by atoms with Crippen LogP contribution in [0.1, 0.15) is 24.1 Å². The van der Waals surface area contributed by atoms with E-state index in [0.717, 1.165) is 12.0 Å². The van der Waals surface area contributed by atoms with Gasteiger partial charge in [0.25, 0.3) is 5.91 Å². The molecule has 8 nitrogen and oxygen atoms in total. The van der Waals surface area contributed by atoms with Crippen molar-refractivity contribution in [1.82, 2.24) is 0 Å². The summed E-state index contributed by atoms with van der Waals surface area (Å²) in [5.74, 6) is -0.0455. The number of nitrogens with zero attached hydrogens (tertiary/aromatic N) is 2. The lowest BCUT2D eigenvalue weighted by atomic mass is 9.89. The number of hydroxylamine groups is 1. The lowest BCUT2D eigenvalue weighted by molar-refractivity contribution is -0.126. The summed E-state index contributed by atoms with van der Waals surface area (Å²) in [6, 6.07) is 19.7. The molecule has 0 aliphatic carbocycles. The molecular formula is C28H28N2O6. The van der Waals surface area contributed by atoms with Crippen molar-refractivity contribution >= 4 is 23.2 Å². The van der Waals surface area contributed by atoms with Gasteiger partial charge in [0.2, 0.25) is 5.91 Å². The molecule has 0 radical (unpaired) electrons. The highest BCUT2D eigenvalue weighted by atomic mass is 16.7. The average molecular weight is 489 g/mol. The van der Waals surface area contributed by atoms with E-state index < -0.39 is 24.0 Å².